The van der Waals surface area contributed by atoms with E-state index < -0.39 is 0 Å². The third kappa shape index (κ3) is 5.61. The summed E-state index contributed by atoms with van der Waals surface area (Å²) < 4.78 is 0. The number of hydrogen-bond acceptors (Lipinski definition) is 2. The van der Waals surface area contributed by atoms with Crippen molar-refractivity contribution in [2.24, 2.45) is 11.1 Å². The minimum atomic E-state index is 0.242. The van der Waals surface area contributed by atoms with Gasteiger partial charge < -0.3 is 10.6 Å². The topological polar surface area (TPSA) is 29.3 Å². The predicted molar refractivity (Wildman–Crippen MR) is 64.5 cm³/mol. The predicted octanol–water partition coefficient (Wildman–Crippen LogP) is 2.48. The van der Waals surface area contributed by atoms with Crippen molar-refractivity contribution in [1.29, 1.82) is 0 Å². The Morgan fingerprint density at radius 1 is 1.14 bits per heavy atom. The van der Waals surface area contributed by atoms with Gasteiger partial charge in [-0.1, -0.05) is 34.6 Å². The Balaban J connectivity index is 3.79. The zero-order valence-corrected chi connectivity index (χ0v) is 10.6. The summed E-state index contributed by atoms with van der Waals surface area (Å²) in [5, 5.41) is 0. The van der Waals surface area contributed by atoms with Crippen molar-refractivity contribution in [3.05, 3.63) is 0 Å². The largest absolute Gasteiger partial charge is 0.327 e. The second kappa shape index (κ2) is 6.41. The van der Waals surface area contributed by atoms with Crippen molar-refractivity contribution < 1.29 is 0 Å². The van der Waals surface area contributed by atoms with Crippen molar-refractivity contribution in [3.63, 3.8) is 0 Å². The van der Waals surface area contributed by atoms with Gasteiger partial charge in [0.25, 0.3) is 0 Å². The van der Waals surface area contributed by atoms with Gasteiger partial charge in [0.05, 0.1) is 0 Å². The third-order valence-corrected chi connectivity index (χ3v) is 2.86. The Morgan fingerprint density at radius 2 is 1.71 bits per heavy atom. The molecule has 0 spiro atoms. The van der Waals surface area contributed by atoms with E-state index in [4.69, 9.17) is 5.73 Å². The van der Waals surface area contributed by atoms with Crippen LogP contribution in [0.2, 0.25) is 0 Å². The van der Waals surface area contributed by atoms with E-state index in [1.165, 1.54) is 13.0 Å². The van der Waals surface area contributed by atoms with E-state index >= 15 is 0 Å². The SMILES string of the molecule is CCCN(CC)CCC(N)C(C)(C)C. The summed E-state index contributed by atoms with van der Waals surface area (Å²) in [5.74, 6) is 0. The molecular weight excluding hydrogens is 172 g/mol. The molecule has 2 heteroatoms. The Hall–Kier alpha value is -0.0800. The van der Waals surface area contributed by atoms with E-state index in [2.05, 4.69) is 39.5 Å². The standard InChI is InChI=1S/C12H28N2/c1-6-9-14(7-2)10-8-11(13)12(3,4)5/h11H,6-10,13H2,1-5H3. The van der Waals surface area contributed by atoms with Crippen LogP contribution in [0.3, 0.4) is 0 Å². The lowest BCUT2D eigenvalue weighted by Crippen LogP contribution is -2.38. The van der Waals surface area contributed by atoms with Gasteiger partial charge >= 0.3 is 0 Å². The smallest absolute Gasteiger partial charge is 0.00998 e. The average molecular weight is 200 g/mol. The van der Waals surface area contributed by atoms with Crippen LogP contribution in [0, 0.1) is 5.41 Å². The summed E-state index contributed by atoms with van der Waals surface area (Å²) in [5.41, 5.74) is 6.36. The minimum absolute atomic E-state index is 0.242. The molecule has 0 aliphatic carbocycles. The molecule has 0 aliphatic heterocycles. The second-order valence-electron chi connectivity index (χ2n) is 5.20. The van der Waals surface area contributed by atoms with Gasteiger partial charge in [0, 0.05) is 6.04 Å². The monoisotopic (exact) mass is 200 g/mol. The Kier molecular flexibility index (Phi) is 6.38. The van der Waals surface area contributed by atoms with Gasteiger partial charge in [0.2, 0.25) is 0 Å². The van der Waals surface area contributed by atoms with Gasteiger partial charge in [0.15, 0.2) is 0 Å². The maximum atomic E-state index is 6.12. The summed E-state index contributed by atoms with van der Waals surface area (Å²) in [6, 6.07) is 0.313. The van der Waals surface area contributed by atoms with Gasteiger partial charge in [-0.05, 0) is 37.9 Å². The maximum absolute atomic E-state index is 6.12. The number of hydrogen-bond donors (Lipinski definition) is 1. The lowest BCUT2D eigenvalue weighted by molar-refractivity contribution is 0.235. The first-order chi connectivity index (χ1) is 6.41. The highest BCUT2D eigenvalue weighted by molar-refractivity contribution is 4.77. The van der Waals surface area contributed by atoms with Crippen LogP contribution in [0.4, 0.5) is 0 Å². The summed E-state index contributed by atoms with van der Waals surface area (Å²) >= 11 is 0. The van der Waals surface area contributed by atoms with Crippen molar-refractivity contribution in [2.75, 3.05) is 19.6 Å². The van der Waals surface area contributed by atoms with E-state index in [-0.39, 0.29) is 5.41 Å². The van der Waals surface area contributed by atoms with E-state index in [0.717, 1.165) is 19.5 Å². The van der Waals surface area contributed by atoms with Crippen LogP contribution >= 0.6 is 0 Å². The molecular formula is C12H28N2. The van der Waals surface area contributed by atoms with Crippen LogP contribution in [0.1, 0.15) is 47.5 Å². The first-order valence-corrected chi connectivity index (χ1v) is 5.89. The highest BCUT2D eigenvalue weighted by Crippen LogP contribution is 2.19. The second-order valence-corrected chi connectivity index (χ2v) is 5.20. The van der Waals surface area contributed by atoms with Crippen LogP contribution < -0.4 is 5.73 Å². The van der Waals surface area contributed by atoms with Crippen molar-refractivity contribution in [1.82, 2.24) is 4.90 Å². The molecule has 0 radical (unpaired) electrons. The molecule has 14 heavy (non-hydrogen) atoms. The molecule has 0 aromatic heterocycles. The van der Waals surface area contributed by atoms with Crippen molar-refractivity contribution in [2.45, 2.75) is 53.5 Å². The van der Waals surface area contributed by atoms with Crippen LogP contribution in [-0.4, -0.2) is 30.6 Å². The fourth-order valence-electron chi connectivity index (χ4n) is 1.50. The zero-order chi connectivity index (χ0) is 11.2. The molecule has 1 unspecified atom stereocenters. The van der Waals surface area contributed by atoms with E-state index in [9.17, 15) is 0 Å². The molecule has 0 rings (SSSR count). The van der Waals surface area contributed by atoms with Gasteiger partial charge in [-0.15, -0.1) is 0 Å². The summed E-state index contributed by atoms with van der Waals surface area (Å²) in [6.45, 7) is 14.6. The molecule has 0 amide bonds. The maximum Gasteiger partial charge on any atom is 0.00998 e. The van der Waals surface area contributed by atoms with Crippen LogP contribution in [0.15, 0.2) is 0 Å². The summed E-state index contributed by atoms with van der Waals surface area (Å²) in [7, 11) is 0. The van der Waals surface area contributed by atoms with Gasteiger partial charge in [-0.3, -0.25) is 0 Å². The first kappa shape index (κ1) is 13.9. The lowest BCUT2D eigenvalue weighted by Gasteiger charge is -2.29. The fraction of sp³-hybridized carbons (Fsp3) is 1.00. The molecule has 0 aromatic rings. The normalized spacial score (nSPS) is 14.8. The molecule has 1 atom stereocenters. The molecule has 2 nitrogen and oxygen atoms in total. The Labute approximate surface area is 89.9 Å². The van der Waals surface area contributed by atoms with Crippen LogP contribution in [0.5, 0.6) is 0 Å². The quantitative estimate of drug-likeness (QED) is 0.714. The van der Waals surface area contributed by atoms with Crippen molar-refractivity contribution in [3.8, 4) is 0 Å². The molecule has 0 aromatic carbocycles. The Bertz CT molecular complexity index is 138. The number of nitrogens with two attached hydrogens (primary N) is 1. The van der Waals surface area contributed by atoms with Crippen LogP contribution in [0.25, 0.3) is 0 Å². The Morgan fingerprint density at radius 3 is 2.07 bits per heavy atom. The van der Waals surface area contributed by atoms with Crippen LogP contribution in [-0.2, 0) is 0 Å². The fourth-order valence-corrected chi connectivity index (χ4v) is 1.50. The van der Waals surface area contributed by atoms with E-state index in [1.807, 2.05) is 0 Å². The molecule has 0 saturated carbocycles. The summed E-state index contributed by atoms with van der Waals surface area (Å²) in [6.07, 6.45) is 2.34. The highest BCUT2D eigenvalue weighted by Gasteiger charge is 2.20. The molecule has 0 fully saturated rings. The summed E-state index contributed by atoms with van der Waals surface area (Å²) in [4.78, 5) is 2.48. The highest BCUT2D eigenvalue weighted by atomic mass is 15.1. The molecule has 2 N–H and O–H groups in total. The van der Waals surface area contributed by atoms with Crippen molar-refractivity contribution >= 4 is 0 Å². The molecule has 0 aliphatic rings. The lowest BCUT2D eigenvalue weighted by atomic mass is 9.85. The molecule has 0 heterocycles. The number of rotatable bonds is 6. The number of nitrogens with zero attached hydrogens (tertiary/aromatic N) is 1. The van der Waals surface area contributed by atoms with Gasteiger partial charge in [-0.25, -0.2) is 0 Å². The molecule has 0 bridgehead atoms. The average Bonchev–Trinajstić information content (AvgIpc) is 2.10. The first-order valence-electron chi connectivity index (χ1n) is 5.89. The van der Waals surface area contributed by atoms with E-state index in [0.29, 0.717) is 6.04 Å². The van der Waals surface area contributed by atoms with Gasteiger partial charge in [0.1, 0.15) is 0 Å². The molecule has 86 valence electrons. The third-order valence-electron chi connectivity index (χ3n) is 2.86. The zero-order valence-electron chi connectivity index (χ0n) is 10.6. The van der Waals surface area contributed by atoms with Gasteiger partial charge in [-0.2, -0.15) is 0 Å². The van der Waals surface area contributed by atoms with E-state index in [1.54, 1.807) is 0 Å². The molecule has 0 saturated heterocycles. The minimum Gasteiger partial charge on any atom is -0.327 e.